The summed E-state index contributed by atoms with van der Waals surface area (Å²) in [7, 11) is 0. The summed E-state index contributed by atoms with van der Waals surface area (Å²) in [5.41, 5.74) is 1.95. The topological polar surface area (TPSA) is 66.5 Å². The minimum absolute atomic E-state index is 0.0330. The highest BCUT2D eigenvalue weighted by Gasteiger charge is 2.67. The molecule has 6 atom stereocenters. The van der Waals surface area contributed by atoms with E-state index in [1.807, 2.05) is 31.2 Å². The van der Waals surface area contributed by atoms with Gasteiger partial charge in [0.15, 0.2) is 0 Å². The molecule has 30 heavy (non-hydrogen) atoms. The molecule has 1 N–H and O–H groups in total. The van der Waals surface area contributed by atoms with Crippen molar-refractivity contribution in [1.82, 2.24) is 4.90 Å². The second-order valence-electron chi connectivity index (χ2n) is 10.1. The van der Waals surface area contributed by atoms with Crippen molar-refractivity contribution in [2.24, 2.45) is 41.4 Å². The predicted octanol–water partition coefficient (Wildman–Crippen LogP) is 3.55. The van der Waals surface area contributed by atoms with Crippen LogP contribution in [0.5, 0.6) is 0 Å². The van der Waals surface area contributed by atoms with Crippen molar-refractivity contribution in [2.75, 3.05) is 5.32 Å². The number of imide groups is 1. The van der Waals surface area contributed by atoms with E-state index >= 15 is 0 Å². The van der Waals surface area contributed by atoms with Crippen LogP contribution in [-0.4, -0.2) is 28.7 Å². The van der Waals surface area contributed by atoms with Gasteiger partial charge >= 0.3 is 0 Å². The van der Waals surface area contributed by atoms with Gasteiger partial charge in [-0.25, -0.2) is 0 Å². The maximum absolute atomic E-state index is 13.3. The lowest BCUT2D eigenvalue weighted by molar-refractivity contribution is -0.144. The Morgan fingerprint density at radius 3 is 2.20 bits per heavy atom. The number of nitrogens with zero attached hydrogens (tertiary/aromatic N) is 1. The van der Waals surface area contributed by atoms with E-state index in [0.717, 1.165) is 36.9 Å². The van der Waals surface area contributed by atoms with E-state index in [4.69, 9.17) is 0 Å². The van der Waals surface area contributed by atoms with Crippen molar-refractivity contribution in [3.05, 3.63) is 42.0 Å². The fraction of sp³-hybridized carbons (Fsp3) is 0.560. The predicted molar refractivity (Wildman–Crippen MR) is 112 cm³/mol. The summed E-state index contributed by atoms with van der Waals surface area (Å²) in [5.74, 6) is 1.75. The van der Waals surface area contributed by atoms with Crippen molar-refractivity contribution in [2.45, 2.75) is 45.1 Å². The normalized spacial score (nSPS) is 40.9. The lowest BCUT2D eigenvalue weighted by Gasteiger charge is -2.37. The van der Waals surface area contributed by atoms with E-state index in [1.165, 1.54) is 6.42 Å². The maximum Gasteiger partial charge on any atom is 0.233 e. The molecule has 7 rings (SSSR count). The smallest absolute Gasteiger partial charge is 0.233 e. The molecular formula is C25H28N2O3. The standard InChI is InChI=1S/C25H28N2O3/c1-13-3-2-4-15(11-13)26-23(28)14-5-7-16(8-6-14)27-24(29)21-17-9-10-18(20-12-19(17)20)22(21)25(27)30/h2-4,9-11,14,16-22H,5-8,12H2,1H3,(H,26,28)/t14?,16?,17-,18-,19-,20-,21-,22+/m0/s1. The highest BCUT2D eigenvalue weighted by Crippen LogP contribution is 2.65. The fourth-order valence-corrected chi connectivity index (χ4v) is 6.90. The molecule has 5 nitrogen and oxygen atoms in total. The number of amides is 3. The van der Waals surface area contributed by atoms with Gasteiger partial charge in [-0.3, -0.25) is 19.3 Å². The first-order valence-corrected chi connectivity index (χ1v) is 11.5. The van der Waals surface area contributed by atoms with Crippen LogP contribution in [0, 0.1) is 48.3 Å². The molecule has 3 amide bonds. The van der Waals surface area contributed by atoms with Crippen LogP contribution in [0.15, 0.2) is 36.4 Å². The molecule has 1 aliphatic heterocycles. The molecule has 6 aliphatic rings. The number of rotatable bonds is 3. The van der Waals surface area contributed by atoms with E-state index in [9.17, 15) is 14.4 Å². The zero-order valence-electron chi connectivity index (χ0n) is 17.3. The Kier molecular flexibility index (Phi) is 4.00. The van der Waals surface area contributed by atoms with Gasteiger partial charge < -0.3 is 5.32 Å². The molecule has 4 fully saturated rings. The molecule has 1 heterocycles. The van der Waals surface area contributed by atoms with Crippen molar-refractivity contribution in [3.63, 3.8) is 0 Å². The largest absolute Gasteiger partial charge is 0.326 e. The van der Waals surface area contributed by atoms with Crippen LogP contribution in [0.2, 0.25) is 0 Å². The number of allylic oxidation sites excluding steroid dienone is 2. The molecule has 156 valence electrons. The summed E-state index contributed by atoms with van der Waals surface area (Å²) in [5, 5.41) is 3.03. The molecule has 5 aliphatic carbocycles. The van der Waals surface area contributed by atoms with Gasteiger partial charge in [0, 0.05) is 17.6 Å². The number of hydrogen-bond donors (Lipinski definition) is 1. The number of anilines is 1. The second kappa shape index (κ2) is 6.53. The molecule has 0 radical (unpaired) electrons. The molecule has 1 aromatic carbocycles. The molecule has 5 heteroatoms. The zero-order valence-corrected chi connectivity index (χ0v) is 17.3. The summed E-state index contributed by atoms with van der Waals surface area (Å²) in [6.07, 6.45) is 8.56. The Labute approximate surface area is 176 Å². The molecule has 3 saturated carbocycles. The Hall–Kier alpha value is -2.43. The Morgan fingerprint density at radius 1 is 0.967 bits per heavy atom. The van der Waals surface area contributed by atoms with Crippen LogP contribution in [0.25, 0.3) is 0 Å². The van der Waals surface area contributed by atoms with E-state index < -0.39 is 0 Å². The zero-order chi connectivity index (χ0) is 20.6. The molecule has 0 unspecified atom stereocenters. The number of benzene rings is 1. The number of carbonyl (C=O) groups excluding carboxylic acids is 3. The second-order valence-corrected chi connectivity index (χ2v) is 10.1. The van der Waals surface area contributed by atoms with E-state index in [1.54, 1.807) is 4.90 Å². The van der Waals surface area contributed by atoms with Crippen LogP contribution >= 0.6 is 0 Å². The SMILES string of the molecule is Cc1cccc(NC(=O)C2CCC(N3C(=O)[C@@H]4[C@H]5C=C[C@@H]([C@@H]6C[C@@H]56)[C@@H]4C3=O)CC2)c1. The third-order valence-electron chi connectivity index (χ3n) is 8.42. The molecule has 0 aromatic heterocycles. The summed E-state index contributed by atoms with van der Waals surface area (Å²) in [6.45, 7) is 2.01. The Balaban J connectivity index is 1.12. The van der Waals surface area contributed by atoms with Gasteiger partial charge in [-0.15, -0.1) is 0 Å². The number of carbonyl (C=O) groups is 3. The van der Waals surface area contributed by atoms with Crippen molar-refractivity contribution in [1.29, 1.82) is 0 Å². The lowest BCUT2D eigenvalue weighted by Crippen LogP contribution is -2.44. The van der Waals surface area contributed by atoms with Gasteiger partial charge in [0.25, 0.3) is 0 Å². The quantitative estimate of drug-likeness (QED) is 0.619. The number of hydrogen-bond acceptors (Lipinski definition) is 3. The van der Waals surface area contributed by atoms with Gasteiger partial charge in [-0.2, -0.15) is 0 Å². The van der Waals surface area contributed by atoms with Gasteiger partial charge in [0.1, 0.15) is 0 Å². The molecule has 1 aromatic rings. The minimum atomic E-state index is -0.112. The molecule has 2 bridgehead atoms. The Bertz CT molecular complexity index is 925. The Morgan fingerprint density at radius 2 is 1.60 bits per heavy atom. The van der Waals surface area contributed by atoms with Crippen LogP contribution < -0.4 is 5.32 Å². The van der Waals surface area contributed by atoms with Gasteiger partial charge in [0.05, 0.1) is 11.8 Å². The summed E-state index contributed by atoms with van der Waals surface area (Å²) in [6, 6.07) is 7.80. The first-order valence-electron chi connectivity index (χ1n) is 11.5. The van der Waals surface area contributed by atoms with Crippen molar-refractivity contribution in [3.8, 4) is 0 Å². The van der Waals surface area contributed by atoms with Crippen LogP contribution in [0.1, 0.15) is 37.7 Å². The van der Waals surface area contributed by atoms with Gasteiger partial charge in [0.2, 0.25) is 17.7 Å². The van der Waals surface area contributed by atoms with E-state index in [2.05, 4.69) is 17.5 Å². The van der Waals surface area contributed by atoms with Crippen LogP contribution in [0.4, 0.5) is 5.69 Å². The van der Waals surface area contributed by atoms with Crippen molar-refractivity contribution < 1.29 is 14.4 Å². The lowest BCUT2D eigenvalue weighted by atomic mass is 9.63. The summed E-state index contributed by atoms with van der Waals surface area (Å²) < 4.78 is 0. The number of nitrogens with one attached hydrogen (secondary N) is 1. The maximum atomic E-state index is 13.3. The number of likely N-dealkylation sites (tertiary alicyclic amines) is 1. The third-order valence-corrected chi connectivity index (χ3v) is 8.42. The molecule has 0 spiro atoms. The van der Waals surface area contributed by atoms with Gasteiger partial charge in [-0.1, -0.05) is 24.3 Å². The highest BCUT2D eigenvalue weighted by molar-refractivity contribution is 6.06. The monoisotopic (exact) mass is 404 g/mol. The van der Waals surface area contributed by atoms with E-state index in [0.29, 0.717) is 11.8 Å². The van der Waals surface area contributed by atoms with Gasteiger partial charge in [-0.05, 0) is 80.4 Å². The average molecular weight is 405 g/mol. The first kappa shape index (κ1) is 18.3. The number of aryl methyl sites for hydroxylation is 1. The average Bonchev–Trinajstić information content (AvgIpc) is 3.52. The summed E-state index contributed by atoms with van der Waals surface area (Å²) >= 11 is 0. The van der Waals surface area contributed by atoms with Crippen molar-refractivity contribution >= 4 is 23.4 Å². The third kappa shape index (κ3) is 2.63. The fourth-order valence-electron chi connectivity index (χ4n) is 6.90. The molecule has 1 saturated heterocycles. The van der Waals surface area contributed by atoms with Crippen LogP contribution in [-0.2, 0) is 14.4 Å². The summed E-state index contributed by atoms with van der Waals surface area (Å²) in [4.78, 5) is 40.9. The highest BCUT2D eigenvalue weighted by atomic mass is 16.2. The minimum Gasteiger partial charge on any atom is -0.326 e. The van der Waals surface area contributed by atoms with E-state index in [-0.39, 0.29) is 53.4 Å². The first-order chi connectivity index (χ1) is 14.5. The van der Waals surface area contributed by atoms with Crippen LogP contribution in [0.3, 0.4) is 0 Å². The molecular weight excluding hydrogens is 376 g/mol.